The number of benzene rings is 1. The van der Waals surface area contributed by atoms with Crippen molar-refractivity contribution in [3.05, 3.63) is 59.9 Å². The zero-order valence-electron chi connectivity index (χ0n) is 13.7. The Hall–Kier alpha value is -2.60. The maximum Gasteiger partial charge on any atom is 0.224 e. The SMILES string of the molecule is CCCC(C)CC(=O)Nc1cccc(C#Cc2ccccn2)c1. The maximum absolute atomic E-state index is 12.0. The molecule has 1 amide bonds. The number of nitrogens with zero attached hydrogens (tertiary/aromatic N) is 1. The topological polar surface area (TPSA) is 42.0 Å². The monoisotopic (exact) mass is 306 g/mol. The zero-order chi connectivity index (χ0) is 16.5. The lowest BCUT2D eigenvalue weighted by molar-refractivity contribution is -0.117. The van der Waals surface area contributed by atoms with Gasteiger partial charge in [0, 0.05) is 23.9 Å². The van der Waals surface area contributed by atoms with Crippen LogP contribution in [0, 0.1) is 17.8 Å². The number of carbonyl (C=O) groups is 1. The van der Waals surface area contributed by atoms with Crippen molar-refractivity contribution < 1.29 is 4.79 Å². The van der Waals surface area contributed by atoms with Crippen molar-refractivity contribution in [2.75, 3.05) is 5.32 Å². The van der Waals surface area contributed by atoms with Crippen LogP contribution < -0.4 is 5.32 Å². The van der Waals surface area contributed by atoms with Crippen molar-refractivity contribution in [2.24, 2.45) is 5.92 Å². The van der Waals surface area contributed by atoms with E-state index < -0.39 is 0 Å². The molecule has 1 atom stereocenters. The Morgan fingerprint density at radius 3 is 2.83 bits per heavy atom. The van der Waals surface area contributed by atoms with Crippen molar-refractivity contribution in [3.8, 4) is 11.8 Å². The highest BCUT2D eigenvalue weighted by Crippen LogP contribution is 2.14. The van der Waals surface area contributed by atoms with Crippen LogP contribution >= 0.6 is 0 Å². The van der Waals surface area contributed by atoms with E-state index in [2.05, 4.69) is 36.0 Å². The lowest BCUT2D eigenvalue weighted by Crippen LogP contribution is -2.15. The number of amides is 1. The van der Waals surface area contributed by atoms with Crippen molar-refractivity contribution in [2.45, 2.75) is 33.1 Å². The van der Waals surface area contributed by atoms with Crippen LogP contribution in [0.5, 0.6) is 0 Å². The molecule has 0 bridgehead atoms. The quantitative estimate of drug-likeness (QED) is 0.839. The van der Waals surface area contributed by atoms with Crippen molar-refractivity contribution in [3.63, 3.8) is 0 Å². The molecular weight excluding hydrogens is 284 g/mol. The van der Waals surface area contributed by atoms with Gasteiger partial charge in [0.15, 0.2) is 0 Å². The van der Waals surface area contributed by atoms with E-state index in [1.165, 1.54) is 0 Å². The lowest BCUT2D eigenvalue weighted by Gasteiger charge is -2.10. The Labute approximate surface area is 138 Å². The molecule has 1 unspecified atom stereocenters. The third-order valence-corrected chi connectivity index (χ3v) is 3.46. The van der Waals surface area contributed by atoms with E-state index in [1.807, 2.05) is 42.5 Å². The number of anilines is 1. The van der Waals surface area contributed by atoms with E-state index in [0.29, 0.717) is 12.3 Å². The highest BCUT2D eigenvalue weighted by molar-refractivity contribution is 5.91. The Balaban J connectivity index is 2.00. The van der Waals surface area contributed by atoms with Crippen LogP contribution in [0.2, 0.25) is 0 Å². The van der Waals surface area contributed by atoms with Gasteiger partial charge in [0.2, 0.25) is 5.91 Å². The van der Waals surface area contributed by atoms with Gasteiger partial charge < -0.3 is 5.32 Å². The molecule has 1 N–H and O–H groups in total. The fourth-order valence-electron chi connectivity index (χ4n) is 2.37. The van der Waals surface area contributed by atoms with Crippen LogP contribution in [-0.2, 0) is 4.79 Å². The number of rotatable bonds is 5. The summed E-state index contributed by atoms with van der Waals surface area (Å²) in [6.45, 7) is 4.25. The molecule has 2 rings (SSSR count). The normalized spacial score (nSPS) is 11.2. The van der Waals surface area contributed by atoms with Gasteiger partial charge in [-0.05, 0) is 42.2 Å². The number of carbonyl (C=O) groups excluding carboxylic acids is 1. The van der Waals surface area contributed by atoms with Gasteiger partial charge in [-0.2, -0.15) is 0 Å². The van der Waals surface area contributed by atoms with Gasteiger partial charge in [-0.15, -0.1) is 0 Å². The average Bonchev–Trinajstić information content (AvgIpc) is 2.54. The smallest absolute Gasteiger partial charge is 0.224 e. The van der Waals surface area contributed by atoms with Crippen molar-refractivity contribution in [1.29, 1.82) is 0 Å². The summed E-state index contributed by atoms with van der Waals surface area (Å²) in [5.74, 6) is 6.55. The molecule has 0 radical (unpaired) electrons. The molecular formula is C20H22N2O. The molecule has 23 heavy (non-hydrogen) atoms. The van der Waals surface area contributed by atoms with E-state index >= 15 is 0 Å². The lowest BCUT2D eigenvalue weighted by atomic mass is 10.0. The van der Waals surface area contributed by atoms with Crippen LogP contribution in [0.25, 0.3) is 0 Å². The van der Waals surface area contributed by atoms with Crippen LogP contribution in [0.4, 0.5) is 5.69 Å². The minimum absolute atomic E-state index is 0.0563. The molecule has 3 nitrogen and oxygen atoms in total. The molecule has 0 saturated carbocycles. The average molecular weight is 306 g/mol. The van der Waals surface area contributed by atoms with Crippen LogP contribution in [0.3, 0.4) is 0 Å². The summed E-state index contributed by atoms with van der Waals surface area (Å²) >= 11 is 0. The second-order valence-electron chi connectivity index (χ2n) is 5.69. The van der Waals surface area contributed by atoms with E-state index in [4.69, 9.17) is 0 Å². The molecule has 0 aliphatic heterocycles. The highest BCUT2D eigenvalue weighted by atomic mass is 16.1. The summed E-state index contributed by atoms with van der Waals surface area (Å²) in [5.41, 5.74) is 2.37. The molecule has 0 fully saturated rings. The Morgan fingerprint density at radius 2 is 2.09 bits per heavy atom. The molecule has 3 heteroatoms. The standard InChI is InChI=1S/C20H22N2O/c1-3-7-16(2)14-20(23)22-19-10-6-8-17(15-19)11-12-18-9-4-5-13-21-18/h4-6,8-10,13,15-16H,3,7,14H2,1-2H3,(H,22,23). The largest absolute Gasteiger partial charge is 0.326 e. The summed E-state index contributed by atoms with van der Waals surface area (Å²) in [4.78, 5) is 16.2. The van der Waals surface area contributed by atoms with Gasteiger partial charge in [0.05, 0.1) is 0 Å². The first kappa shape index (κ1) is 16.8. The third-order valence-electron chi connectivity index (χ3n) is 3.46. The summed E-state index contributed by atoms with van der Waals surface area (Å²) in [5, 5.41) is 2.95. The summed E-state index contributed by atoms with van der Waals surface area (Å²) in [7, 11) is 0. The molecule has 1 aromatic heterocycles. The fraction of sp³-hybridized carbons (Fsp3) is 0.300. The Bertz CT molecular complexity index is 698. The highest BCUT2D eigenvalue weighted by Gasteiger charge is 2.08. The van der Waals surface area contributed by atoms with E-state index in [9.17, 15) is 4.79 Å². The maximum atomic E-state index is 12.0. The summed E-state index contributed by atoms with van der Waals surface area (Å²) in [6.07, 6.45) is 4.45. The summed E-state index contributed by atoms with van der Waals surface area (Å²) in [6, 6.07) is 13.2. The Kier molecular flexibility index (Phi) is 6.38. The van der Waals surface area contributed by atoms with Crippen molar-refractivity contribution in [1.82, 2.24) is 4.98 Å². The first-order chi connectivity index (χ1) is 11.2. The number of hydrogen-bond donors (Lipinski definition) is 1. The molecule has 0 aliphatic rings. The predicted molar refractivity (Wildman–Crippen MR) is 94.0 cm³/mol. The molecule has 0 aliphatic carbocycles. The van der Waals surface area contributed by atoms with Crippen LogP contribution in [0.15, 0.2) is 48.7 Å². The number of aromatic nitrogens is 1. The molecule has 0 spiro atoms. The predicted octanol–water partition coefficient (Wildman–Crippen LogP) is 4.25. The number of nitrogens with one attached hydrogen (secondary N) is 1. The van der Waals surface area contributed by atoms with Crippen LogP contribution in [-0.4, -0.2) is 10.9 Å². The zero-order valence-corrected chi connectivity index (χ0v) is 13.7. The van der Waals surface area contributed by atoms with Gasteiger partial charge >= 0.3 is 0 Å². The second kappa shape index (κ2) is 8.75. The van der Waals surface area contributed by atoms with Gasteiger partial charge in [0.1, 0.15) is 5.69 Å². The molecule has 118 valence electrons. The van der Waals surface area contributed by atoms with E-state index in [-0.39, 0.29) is 5.91 Å². The molecule has 1 heterocycles. The second-order valence-corrected chi connectivity index (χ2v) is 5.69. The fourth-order valence-corrected chi connectivity index (χ4v) is 2.37. The minimum Gasteiger partial charge on any atom is -0.326 e. The van der Waals surface area contributed by atoms with Crippen LogP contribution in [0.1, 0.15) is 44.4 Å². The number of pyridine rings is 1. The van der Waals surface area contributed by atoms with Crippen molar-refractivity contribution >= 4 is 11.6 Å². The van der Waals surface area contributed by atoms with E-state index in [0.717, 1.165) is 29.8 Å². The number of hydrogen-bond acceptors (Lipinski definition) is 2. The third kappa shape index (κ3) is 5.96. The first-order valence-electron chi connectivity index (χ1n) is 8.00. The minimum atomic E-state index is 0.0563. The molecule has 2 aromatic rings. The van der Waals surface area contributed by atoms with E-state index in [1.54, 1.807) is 6.20 Å². The van der Waals surface area contributed by atoms with Gasteiger partial charge in [-0.3, -0.25) is 4.79 Å². The molecule has 0 saturated heterocycles. The first-order valence-corrected chi connectivity index (χ1v) is 8.00. The van der Waals surface area contributed by atoms with Gasteiger partial charge in [-0.1, -0.05) is 44.7 Å². The Morgan fingerprint density at radius 1 is 1.22 bits per heavy atom. The van der Waals surface area contributed by atoms with Gasteiger partial charge in [-0.25, -0.2) is 4.98 Å². The van der Waals surface area contributed by atoms with Gasteiger partial charge in [0.25, 0.3) is 0 Å². The molecule has 1 aromatic carbocycles. The summed E-state index contributed by atoms with van der Waals surface area (Å²) < 4.78 is 0.